The van der Waals surface area contributed by atoms with E-state index in [1.54, 1.807) is 18.3 Å². The molecule has 0 unspecified atom stereocenters. The van der Waals surface area contributed by atoms with Gasteiger partial charge in [0.2, 0.25) is 0 Å². The highest BCUT2D eigenvalue weighted by Crippen LogP contribution is 2.32. The molecule has 1 aliphatic carbocycles. The maximum atomic E-state index is 13.1. The molecular weight excluding hydrogens is 406 g/mol. The number of ketones is 1. The zero-order valence-electron chi connectivity index (χ0n) is 18.0. The number of imide groups is 1. The monoisotopic (exact) mass is 431 g/mol. The fourth-order valence-electron chi connectivity index (χ4n) is 4.86. The molecule has 1 spiro atoms. The van der Waals surface area contributed by atoms with Gasteiger partial charge in [0.05, 0.1) is 6.54 Å². The summed E-state index contributed by atoms with van der Waals surface area (Å²) in [4.78, 5) is 48.5. The Morgan fingerprint density at radius 1 is 1.06 bits per heavy atom. The normalized spacial score (nSPS) is 18.2. The van der Waals surface area contributed by atoms with Gasteiger partial charge < -0.3 is 5.32 Å². The van der Waals surface area contributed by atoms with Gasteiger partial charge >= 0.3 is 6.03 Å². The zero-order valence-corrected chi connectivity index (χ0v) is 18.0. The second kappa shape index (κ2) is 7.85. The van der Waals surface area contributed by atoms with Crippen LogP contribution in [0.1, 0.15) is 54.7 Å². The van der Waals surface area contributed by atoms with E-state index in [9.17, 15) is 14.4 Å². The minimum atomic E-state index is -0.829. The van der Waals surface area contributed by atoms with Gasteiger partial charge in [0, 0.05) is 17.4 Å². The number of imidazole rings is 1. The molecule has 2 fully saturated rings. The average Bonchev–Trinajstić information content (AvgIpc) is 3.10. The SMILES string of the molecule is Cc1nc2cccnc2n1-c1ccc(C(=O)CN2C(=O)NC3(CCCCCC3)C2=O)cc1. The summed E-state index contributed by atoms with van der Waals surface area (Å²) in [6, 6.07) is 10.4. The molecule has 8 nitrogen and oxygen atoms in total. The summed E-state index contributed by atoms with van der Waals surface area (Å²) in [6.07, 6.45) is 6.96. The molecule has 3 heterocycles. The standard InChI is InChI=1S/C24H25N5O3/c1-16-26-19-7-6-14-25-21(19)29(16)18-10-8-17(9-11-18)20(30)15-28-22(31)24(27-23(28)32)12-4-2-3-5-13-24/h6-11,14H,2-5,12-13,15H2,1H3,(H,27,32). The lowest BCUT2D eigenvalue weighted by molar-refractivity contribution is -0.131. The van der Waals surface area contributed by atoms with E-state index in [1.807, 2.05) is 35.8 Å². The molecule has 0 radical (unpaired) electrons. The molecule has 1 N–H and O–H groups in total. The van der Waals surface area contributed by atoms with Crippen molar-refractivity contribution >= 4 is 28.9 Å². The minimum absolute atomic E-state index is 0.250. The van der Waals surface area contributed by atoms with Crippen LogP contribution in [0.25, 0.3) is 16.9 Å². The second-order valence-corrected chi connectivity index (χ2v) is 8.63. The number of urea groups is 1. The van der Waals surface area contributed by atoms with Crippen molar-refractivity contribution < 1.29 is 14.4 Å². The summed E-state index contributed by atoms with van der Waals surface area (Å²) in [6.45, 7) is 1.65. The number of rotatable bonds is 4. The van der Waals surface area contributed by atoms with Crippen molar-refractivity contribution in [2.24, 2.45) is 0 Å². The van der Waals surface area contributed by atoms with Gasteiger partial charge in [0.25, 0.3) is 5.91 Å². The first-order valence-corrected chi connectivity index (χ1v) is 11.1. The van der Waals surface area contributed by atoms with Crippen LogP contribution in [0.2, 0.25) is 0 Å². The van der Waals surface area contributed by atoms with Crippen molar-refractivity contribution in [1.82, 2.24) is 24.8 Å². The van der Waals surface area contributed by atoms with Crippen molar-refractivity contribution in [2.75, 3.05) is 6.54 Å². The van der Waals surface area contributed by atoms with Crippen LogP contribution in [0.5, 0.6) is 0 Å². The fourth-order valence-corrected chi connectivity index (χ4v) is 4.86. The molecule has 3 amide bonds. The topological polar surface area (TPSA) is 97.2 Å². The molecule has 32 heavy (non-hydrogen) atoms. The fraction of sp³-hybridized carbons (Fsp3) is 0.375. The lowest BCUT2D eigenvalue weighted by Gasteiger charge is -2.24. The first-order chi connectivity index (χ1) is 15.5. The summed E-state index contributed by atoms with van der Waals surface area (Å²) in [5, 5.41) is 2.88. The highest BCUT2D eigenvalue weighted by Gasteiger charge is 2.51. The Balaban J connectivity index is 1.35. The summed E-state index contributed by atoms with van der Waals surface area (Å²) in [7, 11) is 0. The molecule has 0 bridgehead atoms. The number of hydrogen-bond donors (Lipinski definition) is 1. The van der Waals surface area contributed by atoms with E-state index in [0.29, 0.717) is 18.4 Å². The molecule has 5 rings (SSSR count). The molecule has 164 valence electrons. The predicted molar refractivity (Wildman–Crippen MR) is 119 cm³/mol. The van der Waals surface area contributed by atoms with Crippen LogP contribution in [0.15, 0.2) is 42.6 Å². The molecular formula is C24H25N5O3. The molecule has 3 aromatic rings. The van der Waals surface area contributed by atoms with Crippen molar-refractivity contribution in [3.05, 3.63) is 54.0 Å². The lowest BCUT2D eigenvalue weighted by Crippen LogP contribution is -2.46. The van der Waals surface area contributed by atoms with E-state index < -0.39 is 11.6 Å². The molecule has 1 saturated heterocycles. The van der Waals surface area contributed by atoms with Gasteiger partial charge in [-0.2, -0.15) is 0 Å². The Labute approximate surface area is 185 Å². The van der Waals surface area contributed by atoms with Crippen molar-refractivity contribution in [3.63, 3.8) is 0 Å². The van der Waals surface area contributed by atoms with E-state index in [0.717, 1.165) is 53.3 Å². The summed E-state index contributed by atoms with van der Waals surface area (Å²) >= 11 is 0. The van der Waals surface area contributed by atoms with Gasteiger partial charge in [-0.1, -0.05) is 25.7 Å². The van der Waals surface area contributed by atoms with Gasteiger partial charge in [0.1, 0.15) is 16.9 Å². The number of benzene rings is 1. The van der Waals surface area contributed by atoms with Crippen LogP contribution in [-0.4, -0.2) is 49.2 Å². The minimum Gasteiger partial charge on any atom is -0.323 e. The first kappa shape index (κ1) is 20.4. The smallest absolute Gasteiger partial charge is 0.323 e. The molecule has 1 saturated carbocycles. The van der Waals surface area contributed by atoms with E-state index in [-0.39, 0.29) is 18.2 Å². The molecule has 1 aromatic carbocycles. The van der Waals surface area contributed by atoms with Crippen molar-refractivity contribution in [3.8, 4) is 5.69 Å². The van der Waals surface area contributed by atoms with Crippen LogP contribution < -0.4 is 5.32 Å². The second-order valence-electron chi connectivity index (χ2n) is 8.63. The van der Waals surface area contributed by atoms with Gasteiger partial charge in [-0.3, -0.25) is 19.1 Å². The summed E-state index contributed by atoms with van der Waals surface area (Å²) in [5.41, 5.74) is 2.01. The number of amides is 3. The zero-order chi connectivity index (χ0) is 22.3. The quantitative estimate of drug-likeness (QED) is 0.503. The third kappa shape index (κ3) is 3.36. The maximum Gasteiger partial charge on any atom is 0.325 e. The molecule has 8 heteroatoms. The van der Waals surface area contributed by atoms with Crippen LogP contribution >= 0.6 is 0 Å². The van der Waals surface area contributed by atoms with Crippen molar-refractivity contribution in [1.29, 1.82) is 0 Å². The average molecular weight is 431 g/mol. The molecule has 2 aliphatic rings. The van der Waals surface area contributed by atoms with Gasteiger partial charge in [-0.15, -0.1) is 0 Å². The number of Topliss-reactive ketones (excluding diaryl/α,β-unsaturated/α-hetero) is 1. The number of carbonyl (C=O) groups is 3. The number of carbonyl (C=O) groups excluding carboxylic acids is 3. The Morgan fingerprint density at radius 2 is 1.78 bits per heavy atom. The number of hydrogen-bond acceptors (Lipinski definition) is 5. The lowest BCUT2D eigenvalue weighted by atomic mass is 9.90. The van der Waals surface area contributed by atoms with Gasteiger partial charge in [-0.25, -0.2) is 14.8 Å². The number of fused-ring (bicyclic) bond motifs is 1. The molecule has 1 aliphatic heterocycles. The summed E-state index contributed by atoms with van der Waals surface area (Å²) < 4.78 is 1.93. The van der Waals surface area contributed by atoms with Gasteiger partial charge in [0.15, 0.2) is 11.4 Å². The van der Waals surface area contributed by atoms with Crippen LogP contribution in [-0.2, 0) is 4.79 Å². The Kier molecular flexibility index (Phi) is 5.00. The van der Waals surface area contributed by atoms with Crippen molar-refractivity contribution in [2.45, 2.75) is 51.0 Å². The van der Waals surface area contributed by atoms with Gasteiger partial charge in [-0.05, 0) is 56.2 Å². The highest BCUT2D eigenvalue weighted by atomic mass is 16.2. The Morgan fingerprint density at radius 3 is 2.50 bits per heavy atom. The predicted octanol–water partition coefficient (Wildman–Crippen LogP) is 3.56. The number of aromatic nitrogens is 3. The van der Waals surface area contributed by atoms with Crippen LogP contribution in [0, 0.1) is 6.92 Å². The third-order valence-electron chi connectivity index (χ3n) is 6.54. The maximum absolute atomic E-state index is 13.1. The largest absolute Gasteiger partial charge is 0.325 e. The number of nitrogens with one attached hydrogen (secondary N) is 1. The van der Waals surface area contributed by atoms with Crippen LogP contribution in [0.3, 0.4) is 0 Å². The van der Waals surface area contributed by atoms with E-state index in [2.05, 4.69) is 15.3 Å². The van der Waals surface area contributed by atoms with E-state index in [4.69, 9.17) is 0 Å². The highest BCUT2D eigenvalue weighted by molar-refractivity contribution is 6.11. The summed E-state index contributed by atoms with van der Waals surface area (Å²) in [5.74, 6) is 0.267. The number of pyridine rings is 1. The third-order valence-corrected chi connectivity index (χ3v) is 6.54. The Bertz CT molecular complexity index is 1210. The number of aryl methyl sites for hydroxylation is 1. The number of nitrogens with zero attached hydrogens (tertiary/aromatic N) is 4. The first-order valence-electron chi connectivity index (χ1n) is 11.1. The molecule has 2 aromatic heterocycles. The molecule has 0 atom stereocenters. The van der Waals surface area contributed by atoms with E-state index in [1.165, 1.54) is 0 Å². The van der Waals surface area contributed by atoms with Crippen LogP contribution in [0.4, 0.5) is 4.79 Å². The van der Waals surface area contributed by atoms with E-state index >= 15 is 0 Å². The Hall–Kier alpha value is -3.55.